The average molecular weight is 331 g/mol. The topological polar surface area (TPSA) is 93.1 Å². The molecule has 0 bridgehead atoms. The Labute approximate surface area is 139 Å². The number of ether oxygens (including phenoxy) is 1. The quantitative estimate of drug-likeness (QED) is 0.805. The summed E-state index contributed by atoms with van der Waals surface area (Å²) in [5.41, 5.74) is 0.561. The van der Waals surface area contributed by atoms with Gasteiger partial charge in [0.25, 0.3) is 11.5 Å². The number of amides is 1. The molecule has 2 heterocycles. The summed E-state index contributed by atoms with van der Waals surface area (Å²) in [4.78, 5) is 33.6. The summed E-state index contributed by atoms with van der Waals surface area (Å²) in [5, 5.41) is 4.10. The van der Waals surface area contributed by atoms with Gasteiger partial charge in [0.2, 0.25) is 0 Å². The van der Waals surface area contributed by atoms with Crippen molar-refractivity contribution < 1.29 is 9.53 Å². The van der Waals surface area contributed by atoms with Gasteiger partial charge in [0, 0.05) is 51.1 Å². The van der Waals surface area contributed by atoms with Crippen LogP contribution in [0.3, 0.4) is 0 Å². The minimum absolute atomic E-state index is 0.0550. The molecule has 0 radical (unpaired) electrons. The second-order valence-corrected chi connectivity index (χ2v) is 6.03. The van der Waals surface area contributed by atoms with E-state index in [-0.39, 0.29) is 17.0 Å². The molecule has 8 heteroatoms. The molecule has 8 nitrogen and oxygen atoms in total. The molecule has 0 spiro atoms. The Hall–Kier alpha value is -2.48. The summed E-state index contributed by atoms with van der Waals surface area (Å²) in [6, 6.07) is 0. The molecule has 2 aromatic heterocycles. The van der Waals surface area contributed by atoms with Crippen molar-refractivity contribution in [2.75, 3.05) is 20.3 Å². The molecule has 1 aliphatic rings. The number of aryl methyl sites for hydroxylation is 1. The lowest BCUT2D eigenvalue weighted by atomic mass is 10.2. The third kappa shape index (κ3) is 3.70. The van der Waals surface area contributed by atoms with Crippen LogP contribution in [0.5, 0.6) is 0 Å². The number of nitrogens with zero attached hydrogens (tertiary/aromatic N) is 4. The van der Waals surface area contributed by atoms with E-state index in [0.717, 1.165) is 18.4 Å². The maximum atomic E-state index is 12.8. The predicted molar refractivity (Wildman–Crippen MR) is 86.7 cm³/mol. The van der Waals surface area contributed by atoms with Crippen molar-refractivity contribution >= 4 is 5.91 Å². The zero-order chi connectivity index (χ0) is 17.1. The van der Waals surface area contributed by atoms with Crippen molar-refractivity contribution in [1.82, 2.24) is 24.6 Å². The van der Waals surface area contributed by atoms with E-state index in [4.69, 9.17) is 4.74 Å². The number of H-pyrrole nitrogens is 1. The van der Waals surface area contributed by atoms with Gasteiger partial charge in [-0.05, 0) is 12.8 Å². The van der Waals surface area contributed by atoms with Gasteiger partial charge in [-0.1, -0.05) is 0 Å². The van der Waals surface area contributed by atoms with Crippen LogP contribution in [-0.4, -0.2) is 50.8 Å². The molecule has 3 rings (SSSR count). The molecule has 0 aliphatic heterocycles. The van der Waals surface area contributed by atoms with Crippen LogP contribution >= 0.6 is 0 Å². The molecule has 0 saturated heterocycles. The number of rotatable bonds is 7. The van der Waals surface area contributed by atoms with Gasteiger partial charge in [-0.25, -0.2) is 4.98 Å². The number of carbonyl (C=O) groups excluding carboxylic acids is 1. The highest BCUT2D eigenvalue weighted by molar-refractivity contribution is 5.93. The number of hydrogen-bond donors (Lipinski definition) is 1. The van der Waals surface area contributed by atoms with E-state index in [0.29, 0.717) is 31.4 Å². The summed E-state index contributed by atoms with van der Waals surface area (Å²) in [7, 11) is 3.39. The third-order valence-electron chi connectivity index (χ3n) is 4.00. The number of aromatic nitrogens is 4. The van der Waals surface area contributed by atoms with Gasteiger partial charge in [-0.2, -0.15) is 5.10 Å². The van der Waals surface area contributed by atoms with E-state index in [2.05, 4.69) is 15.1 Å². The number of methoxy groups -OCH3 is 1. The number of aromatic amines is 1. The first kappa shape index (κ1) is 16.4. The van der Waals surface area contributed by atoms with Crippen molar-refractivity contribution in [2.24, 2.45) is 7.05 Å². The molecule has 1 amide bonds. The Kier molecular flexibility index (Phi) is 4.75. The zero-order valence-electron chi connectivity index (χ0n) is 13.9. The summed E-state index contributed by atoms with van der Waals surface area (Å²) >= 11 is 0. The van der Waals surface area contributed by atoms with Crippen LogP contribution in [-0.2, 0) is 18.3 Å². The molecule has 0 atom stereocenters. The highest BCUT2D eigenvalue weighted by Gasteiger charge is 2.27. The smallest absolute Gasteiger partial charge is 0.263 e. The summed E-state index contributed by atoms with van der Waals surface area (Å²) in [6.07, 6.45) is 7.00. The lowest BCUT2D eigenvalue weighted by Gasteiger charge is -2.21. The van der Waals surface area contributed by atoms with E-state index >= 15 is 0 Å². The molecule has 0 aromatic carbocycles. The highest BCUT2D eigenvalue weighted by atomic mass is 16.5. The lowest BCUT2D eigenvalue weighted by Crippen LogP contribution is -2.37. The third-order valence-corrected chi connectivity index (χ3v) is 4.00. The van der Waals surface area contributed by atoms with Crippen molar-refractivity contribution in [3.05, 3.63) is 45.9 Å². The molecule has 1 saturated carbocycles. The summed E-state index contributed by atoms with van der Waals surface area (Å²) < 4.78 is 6.75. The number of carbonyl (C=O) groups is 1. The number of hydrogen-bond acceptors (Lipinski definition) is 5. The van der Waals surface area contributed by atoms with Gasteiger partial charge < -0.3 is 14.6 Å². The monoisotopic (exact) mass is 331 g/mol. The van der Waals surface area contributed by atoms with Crippen LogP contribution in [0.1, 0.15) is 40.5 Å². The fourth-order valence-corrected chi connectivity index (χ4v) is 2.52. The van der Waals surface area contributed by atoms with E-state index in [1.54, 1.807) is 22.9 Å². The molecule has 0 unspecified atom stereocenters. The van der Waals surface area contributed by atoms with Gasteiger partial charge in [0.05, 0.1) is 12.8 Å². The fourth-order valence-electron chi connectivity index (χ4n) is 2.52. The van der Waals surface area contributed by atoms with Crippen LogP contribution in [0, 0.1) is 0 Å². The van der Waals surface area contributed by atoms with Gasteiger partial charge in [0.1, 0.15) is 11.4 Å². The largest absolute Gasteiger partial charge is 0.383 e. The second-order valence-electron chi connectivity index (χ2n) is 6.03. The van der Waals surface area contributed by atoms with Crippen molar-refractivity contribution in [2.45, 2.75) is 25.3 Å². The normalized spacial score (nSPS) is 13.9. The Morgan fingerprint density at radius 1 is 1.46 bits per heavy atom. The Balaban J connectivity index is 1.80. The highest BCUT2D eigenvalue weighted by Crippen LogP contribution is 2.37. The zero-order valence-corrected chi connectivity index (χ0v) is 13.9. The SMILES string of the molecule is COCCN(Cc1cnn(C)c1)C(=O)c1cnc(C2CC2)[nH]c1=O. The van der Waals surface area contributed by atoms with Crippen molar-refractivity contribution in [3.63, 3.8) is 0 Å². The first-order chi connectivity index (χ1) is 11.6. The average Bonchev–Trinajstić information content (AvgIpc) is 3.33. The molecule has 2 aromatic rings. The van der Waals surface area contributed by atoms with E-state index in [9.17, 15) is 9.59 Å². The van der Waals surface area contributed by atoms with Crippen LogP contribution in [0.2, 0.25) is 0 Å². The fraction of sp³-hybridized carbons (Fsp3) is 0.500. The van der Waals surface area contributed by atoms with Crippen LogP contribution in [0.25, 0.3) is 0 Å². The van der Waals surface area contributed by atoms with Crippen molar-refractivity contribution in [1.29, 1.82) is 0 Å². The molecular weight excluding hydrogens is 310 g/mol. The molecule has 1 aliphatic carbocycles. The van der Waals surface area contributed by atoms with E-state index < -0.39 is 0 Å². The summed E-state index contributed by atoms with van der Waals surface area (Å²) in [5.74, 6) is 0.654. The Bertz CT molecular complexity index is 778. The maximum absolute atomic E-state index is 12.8. The van der Waals surface area contributed by atoms with Gasteiger partial charge in [-0.3, -0.25) is 14.3 Å². The molecular formula is C16H21N5O3. The molecule has 128 valence electrons. The Morgan fingerprint density at radius 2 is 2.25 bits per heavy atom. The standard InChI is InChI=1S/C16H21N5O3/c1-20-9-11(7-18-20)10-21(5-6-24-2)16(23)13-8-17-14(12-3-4-12)19-15(13)22/h7-9,12H,3-6,10H2,1-2H3,(H,17,19,22). The maximum Gasteiger partial charge on any atom is 0.263 e. The Morgan fingerprint density at radius 3 is 2.83 bits per heavy atom. The molecule has 1 N–H and O–H groups in total. The first-order valence-electron chi connectivity index (χ1n) is 7.93. The second kappa shape index (κ2) is 6.96. The minimum atomic E-state index is -0.384. The summed E-state index contributed by atoms with van der Waals surface area (Å²) in [6.45, 7) is 1.13. The molecule has 1 fully saturated rings. The van der Waals surface area contributed by atoms with E-state index in [1.165, 1.54) is 6.20 Å². The predicted octanol–water partition coefficient (Wildman–Crippen LogP) is 0.670. The minimum Gasteiger partial charge on any atom is -0.383 e. The number of nitrogens with one attached hydrogen (secondary N) is 1. The van der Waals surface area contributed by atoms with Crippen LogP contribution < -0.4 is 5.56 Å². The van der Waals surface area contributed by atoms with Gasteiger partial charge >= 0.3 is 0 Å². The van der Waals surface area contributed by atoms with Crippen LogP contribution in [0.4, 0.5) is 0 Å². The van der Waals surface area contributed by atoms with E-state index in [1.807, 2.05) is 13.2 Å². The van der Waals surface area contributed by atoms with Gasteiger partial charge in [0.15, 0.2) is 0 Å². The van der Waals surface area contributed by atoms with Gasteiger partial charge in [-0.15, -0.1) is 0 Å². The van der Waals surface area contributed by atoms with Crippen LogP contribution in [0.15, 0.2) is 23.4 Å². The lowest BCUT2D eigenvalue weighted by molar-refractivity contribution is 0.0678. The molecule has 24 heavy (non-hydrogen) atoms. The van der Waals surface area contributed by atoms with Crippen molar-refractivity contribution in [3.8, 4) is 0 Å². The first-order valence-corrected chi connectivity index (χ1v) is 7.93.